The Hall–Kier alpha value is -3.26. The van der Waals surface area contributed by atoms with Gasteiger partial charge in [0.05, 0.1) is 17.1 Å². The number of benzene rings is 2. The topological polar surface area (TPSA) is 116 Å². The quantitative estimate of drug-likeness (QED) is 0.207. The van der Waals surface area contributed by atoms with E-state index in [1.165, 1.54) is 36.8 Å². The van der Waals surface area contributed by atoms with Crippen molar-refractivity contribution in [3.05, 3.63) is 70.5 Å². The molecule has 0 spiro atoms. The molecule has 4 N–H and O–H groups in total. The SMILES string of the molecule is CCCC1(C(=O)NCc2cc(C(=O)NCc3cccc(C(=O)O)c3)ccc2F)CC[C@]2(C)C(CCC3C4(C)CCC(O)C(C)(C)C4CCC32C)C1C. The highest BCUT2D eigenvalue weighted by Gasteiger charge is 2.69. The van der Waals surface area contributed by atoms with Gasteiger partial charge in [0.1, 0.15) is 5.82 Å². The average Bonchev–Trinajstić information content (AvgIpc) is 3.10. The molecule has 4 aliphatic rings. The van der Waals surface area contributed by atoms with Gasteiger partial charge in [-0.15, -0.1) is 0 Å². The first kappa shape index (κ1) is 38.5. The van der Waals surface area contributed by atoms with E-state index in [1.807, 2.05) is 0 Å². The number of carbonyl (C=O) groups excluding carboxylic acids is 2. The van der Waals surface area contributed by atoms with Crippen LogP contribution in [0.25, 0.3) is 0 Å². The monoisotopic (exact) mass is 716 g/mol. The largest absolute Gasteiger partial charge is 0.478 e. The lowest BCUT2D eigenvalue weighted by Crippen LogP contribution is -2.67. The van der Waals surface area contributed by atoms with Crippen molar-refractivity contribution in [1.29, 1.82) is 0 Å². The minimum atomic E-state index is -1.04. The third-order valence-electron chi connectivity index (χ3n) is 16.0. The third kappa shape index (κ3) is 6.09. The maximum Gasteiger partial charge on any atom is 0.335 e. The van der Waals surface area contributed by atoms with Crippen molar-refractivity contribution in [3.8, 4) is 0 Å². The lowest BCUT2D eigenvalue weighted by atomic mass is 9.32. The van der Waals surface area contributed by atoms with Gasteiger partial charge in [-0.3, -0.25) is 9.59 Å². The van der Waals surface area contributed by atoms with Gasteiger partial charge in [0.15, 0.2) is 0 Å². The number of rotatable bonds is 9. The van der Waals surface area contributed by atoms with Gasteiger partial charge < -0.3 is 20.8 Å². The maximum absolute atomic E-state index is 15.2. The molecule has 0 aromatic heterocycles. The molecule has 0 radical (unpaired) electrons. The van der Waals surface area contributed by atoms with Crippen LogP contribution in [0, 0.1) is 56.6 Å². The van der Waals surface area contributed by atoms with Gasteiger partial charge >= 0.3 is 5.97 Å². The van der Waals surface area contributed by atoms with Crippen LogP contribution in [0.15, 0.2) is 42.5 Å². The standard InChI is InChI=1S/C44H61FN2O5/c1-8-18-44(39(52)47-26-31-24-29(12-14-33(31)45)37(49)46-25-28-10-9-11-30(23-28)38(50)51)22-21-42(6)32(27(44)2)13-15-35-41(5)19-17-36(48)40(3,4)34(41)16-20-43(35,42)7/h9-12,14,23-24,27,32,34-36,48H,8,13,15-22,25-26H2,1-7H3,(H,46,49)(H,47,52)(H,50,51)/t27?,32?,34?,35?,36?,41?,42-,43?,44?/m1/s1. The van der Waals surface area contributed by atoms with Crippen molar-refractivity contribution in [1.82, 2.24) is 10.6 Å². The molecule has 0 aliphatic heterocycles. The van der Waals surface area contributed by atoms with Crippen molar-refractivity contribution in [2.75, 3.05) is 0 Å². The zero-order valence-corrected chi connectivity index (χ0v) is 32.4. The van der Waals surface area contributed by atoms with Crippen LogP contribution in [0.2, 0.25) is 0 Å². The number of carboxylic acids is 1. The molecule has 4 saturated carbocycles. The molecule has 0 heterocycles. The summed E-state index contributed by atoms with van der Waals surface area (Å²) in [4.78, 5) is 38.8. The molecular weight excluding hydrogens is 655 g/mol. The second-order valence-corrected chi connectivity index (χ2v) is 18.4. The Labute approximate surface area is 309 Å². The molecule has 2 aromatic carbocycles. The summed E-state index contributed by atoms with van der Waals surface area (Å²) in [5.41, 5.74) is 1.14. The van der Waals surface area contributed by atoms with Crippen molar-refractivity contribution in [3.63, 3.8) is 0 Å². The number of fused-ring (bicyclic) bond motifs is 5. The Morgan fingerprint density at radius 2 is 1.58 bits per heavy atom. The molecule has 2 amide bonds. The van der Waals surface area contributed by atoms with E-state index in [0.29, 0.717) is 23.3 Å². The molecule has 8 unspecified atom stereocenters. The van der Waals surface area contributed by atoms with Crippen LogP contribution in [0.1, 0.15) is 145 Å². The van der Waals surface area contributed by atoms with Crippen molar-refractivity contribution < 1.29 is 29.0 Å². The first-order valence-electron chi connectivity index (χ1n) is 19.8. The van der Waals surface area contributed by atoms with Crippen LogP contribution in [-0.2, 0) is 17.9 Å². The summed E-state index contributed by atoms with van der Waals surface area (Å²) in [5.74, 6) is -0.267. The average molecular weight is 717 g/mol. The number of amides is 2. The number of carboxylic acid groups (broad SMARTS) is 1. The van der Waals surface area contributed by atoms with Gasteiger partial charge in [-0.1, -0.05) is 67.0 Å². The zero-order valence-electron chi connectivity index (χ0n) is 32.4. The fourth-order valence-electron chi connectivity index (χ4n) is 12.9. The summed E-state index contributed by atoms with van der Waals surface area (Å²) in [6.45, 7) is 16.8. The van der Waals surface area contributed by atoms with Crippen molar-refractivity contribution in [2.45, 2.75) is 132 Å². The van der Waals surface area contributed by atoms with Gasteiger partial charge in [0.2, 0.25) is 5.91 Å². The predicted octanol–water partition coefficient (Wildman–Crippen LogP) is 8.92. The van der Waals surface area contributed by atoms with Crippen LogP contribution in [0.3, 0.4) is 0 Å². The van der Waals surface area contributed by atoms with E-state index in [-0.39, 0.29) is 69.4 Å². The summed E-state index contributed by atoms with van der Waals surface area (Å²) >= 11 is 0. The van der Waals surface area contributed by atoms with Crippen molar-refractivity contribution in [2.24, 2.45) is 50.7 Å². The Kier molecular flexibility index (Phi) is 10.3. The van der Waals surface area contributed by atoms with Crippen LogP contribution >= 0.6 is 0 Å². The molecule has 2 aromatic rings. The lowest BCUT2D eigenvalue weighted by Gasteiger charge is -2.72. The van der Waals surface area contributed by atoms with Gasteiger partial charge in [-0.2, -0.15) is 0 Å². The van der Waals surface area contributed by atoms with E-state index < -0.39 is 23.1 Å². The number of nitrogens with one attached hydrogen (secondary N) is 2. The highest BCUT2D eigenvalue weighted by atomic mass is 19.1. The molecule has 6 rings (SSSR count). The van der Waals surface area contributed by atoms with E-state index in [9.17, 15) is 24.6 Å². The number of aromatic carboxylic acids is 1. The Morgan fingerprint density at radius 3 is 2.29 bits per heavy atom. The van der Waals surface area contributed by atoms with Crippen LogP contribution < -0.4 is 10.6 Å². The summed E-state index contributed by atoms with van der Waals surface area (Å²) < 4.78 is 15.2. The minimum absolute atomic E-state index is 0.00622. The summed E-state index contributed by atoms with van der Waals surface area (Å²) in [6, 6.07) is 10.6. The number of aliphatic hydroxyl groups excluding tert-OH is 1. The van der Waals surface area contributed by atoms with E-state index in [4.69, 9.17) is 0 Å². The molecule has 0 saturated heterocycles. The highest BCUT2D eigenvalue weighted by molar-refractivity contribution is 5.94. The molecule has 52 heavy (non-hydrogen) atoms. The number of aliphatic hydroxyl groups is 1. The molecule has 8 heteroatoms. The normalized spacial score (nSPS) is 36.4. The number of halogens is 1. The first-order valence-corrected chi connectivity index (χ1v) is 19.8. The Balaban J connectivity index is 1.17. The first-order chi connectivity index (χ1) is 24.4. The lowest BCUT2D eigenvalue weighted by molar-refractivity contribution is -0.246. The maximum atomic E-state index is 15.2. The van der Waals surface area contributed by atoms with E-state index in [2.05, 4.69) is 59.1 Å². The third-order valence-corrected chi connectivity index (χ3v) is 16.0. The van der Waals surface area contributed by atoms with Gasteiger partial charge in [0, 0.05) is 24.2 Å². The van der Waals surface area contributed by atoms with Crippen molar-refractivity contribution >= 4 is 17.8 Å². The second kappa shape index (κ2) is 13.9. The van der Waals surface area contributed by atoms with E-state index >= 15 is 4.39 Å². The fourth-order valence-corrected chi connectivity index (χ4v) is 12.9. The zero-order chi connectivity index (χ0) is 37.9. The summed E-state index contributed by atoms with van der Waals surface area (Å²) in [6.07, 6.45) is 9.77. The van der Waals surface area contributed by atoms with Crippen LogP contribution in [0.4, 0.5) is 4.39 Å². The molecular formula is C44H61FN2O5. The highest BCUT2D eigenvalue weighted by Crippen LogP contribution is 2.75. The molecule has 0 bridgehead atoms. The van der Waals surface area contributed by atoms with Crippen LogP contribution in [0.5, 0.6) is 0 Å². The van der Waals surface area contributed by atoms with Gasteiger partial charge in [-0.05, 0) is 139 Å². The Bertz CT molecular complexity index is 1710. The molecule has 9 atom stereocenters. The van der Waals surface area contributed by atoms with Gasteiger partial charge in [-0.25, -0.2) is 9.18 Å². The van der Waals surface area contributed by atoms with Gasteiger partial charge in [0.25, 0.3) is 5.91 Å². The smallest absolute Gasteiger partial charge is 0.335 e. The minimum Gasteiger partial charge on any atom is -0.478 e. The fraction of sp³-hybridized carbons (Fsp3) is 0.659. The summed E-state index contributed by atoms with van der Waals surface area (Å²) in [5, 5.41) is 26.3. The summed E-state index contributed by atoms with van der Waals surface area (Å²) in [7, 11) is 0. The molecule has 284 valence electrons. The second-order valence-electron chi connectivity index (χ2n) is 18.4. The Morgan fingerprint density at radius 1 is 0.827 bits per heavy atom. The van der Waals surface area contributed by atoms with Crippen LogP contribution in [-0.4, -0.2) is 34.1 Å². The molecule has 4 aliphatic carbocycles. The van der Waals surface area contributed by atoms with E-state index in [1.54, 1.807) is 12.1 Å². The number of hydrogen-bond donors (Lipinski definition) is 4. The molecule has 7 nitrogen and oxygen atoms in total. The number of hydrogen-bond acceptors (Lipinski definition) is 4. The van der Waals surface area contributed by atoms with E-state index in [0.717, 1.165) is 57.8 Å². The number of carbonyl (C=O) groups is 3. The molecule has 4 fully saturated rings. The predicted molar refractivity (Wildman–Crippen MR) is 201 cm³/mol.